The second-order valence-corrected chi connectivity index (χ2v) is 5.66. The molecule has 1 aromatic carbocycles. The van der Waals surface area contributed by atoms with Crippen LogP contribution >= 0.6 is 11.6 Å². The molecule has 2 N–H and O–H groups in total. The highest BCUT2D eigenvalue weighted by atomic mass is 35.5. The molecule has 5 heteroatoms. The first kappa shape index (κ1) is 15.3. The molecule has 110 valence electrons. The summed E-state index contributed by atoms with van der Waals surface area (Å²) in [5, 5.41) is 7.06. The summed E-state index contributed by atoms with van der Waals surface area (Å²) in [5.41, 5.74) is 1.03. The first-order valence-electron chi connectivity index (χ1n) is 7.13. The number of amides is 1. The standard InChI is InChI=1S/C15H22ClN3O/c1-12(13-4-2-5-14(16)10-13)18-15(20)11-19-8-3-6-17-7-9-19/h2,4-5,10,12,17H,3,6-9,11H2,1H3,(H,18,20). The fourth-order valence-corrected chi connectivity index (χ4v) is 2.61. The van der Waals surface area contributed by atoms with E-state index in [0.717, 1.165) is 38.2 Å². The summed E-state index contributed by atoms with van der Waals surface area (Å²) < 4.78 is 0. The quantitative estimate of drug-likeness (QED) is 0.890. The van der Waals surface area contributed by atoms with Gasteiger partial charge in [-0.2, -0.15) is 0 Å². The van der Waals surface area contributed by atoms with Gasteiger partial charge in [0.25, 0.3) is 0 Å². The zero-order chi connectivity index (χ0) is 14.4. The van der Waals surface area contributed by atoms with Crippen molar-refractivity contribution in [3.8, 4) is 0 Å². The van der Waals surface area contributed by atoms with Crippen LogP contribution in [0.3, 0.4) is 0 Å². The Bertz CT molecular complexity index is 444. The Kier molecular flexibility index (Phi) is 5.83. The lowest BCUT2D eigenvalue weighted by molar-refractivity contribution is -0.122. The molecule has 1 unspecified atom stereocenters. The van der Waals surface area contributed by atoms with Crippen LogP contribution in [0.1, 0.15) is 24.9 Å². The van der Waals surface area contributed by atoms with Crippen molar-refractivity contribution in [1.29, 1.82) is 0 Å². The van der Waals surface area contributed by atoms with Crippen molar-refractivity contribution in [2.75, 3.05) is 32.7 Å². The van der Waals surface area contributed by atoms with Gasteiger partial charge in [0.2, 0.25) is 5.91 Å². The average Bonchev–Trinajstić information content (AvgIpc) is 2.67. The molecule has 1 fully saturated rings. The number of nitrogens with zero attached hydrogens (tertiary/aromatic N) is 1. The Hall–Kier alpha value is -1.10. The van der Waals surface area contributed by atoms with E-state index in [0.29, 0.717) is 11.6 Å². The lowest BCUT2D eigenvalue weighted by Crippen LogP contribution is -2.39. The molecular formula is C15H22ClN3O. The van der Waals surface area contributed by atoms with E-state index < -0.39 is 0 Å². The van der Waals surface area contributed by atoms with Crippen molar-refractivity contribution in [2.45, 2.75) is 19.4 Å². The Balaban J connectivity index is 1.84. The summed E-state index contributed by atoms with van der Waals surface area (Å²) in [6, 6.07) is 7.59. The third kappa shape index (κ3) is 4.78. The molecule has 0 aliphatic carbocycles. The van der Waals surface area contributed by atoms with Crippen molar-refractivity contribution >= 4 is 17.5 Å². The molecule has 2 rings (SSSR count). The van der Waals surface area contributed by atoms with Gasteiger partial charge < -0.3 is 10.6 Å². The van der Waals surface area contributed by atoms with Crippen LogP contribution in [-0.2, 0) is 4.79 Å². The number of benzene rings is 1. The largest absolute Gasteiger partial charge is 0.348 e. The van der Waals surface area contributed by atoms with Crippen LogP contribution in [0.4, 0.5) is 0 Å². The highest BCUT2D eigenvalue weighted by molar-refractivity contribution is 6.30. The Labute approximate surface area is 125 Å². The smallest absolute Gasteiger partial charge is 0.234 e. The molecule has 1 amide bonds. The van der Waals surface area contributed by atoms with Gasteiger partial charge in [0.05, 0.1) is 12.6 Å². The molecule has 0 bridgehead atoms. The maximum atomic E-state index is 12.1. The van der Waals surface area contributed by atoms with Gasteiger partial charge in [0.1, 0.15) is 0 Å². The van der Waals surface area contributed by atoms with E-state index in [2.05, 4.69) is 15.5 Å². The lowest BCUT2D eigenvalue weighted by Gasteiger charge is -2.21. The van der Waals surface area contributed by atoms with E-state index in [-0.39, 0.29) is 11.9 Å². The van der Waals surface area contributed by atoms with Crippen LogP contribution in [0.15, 0.2) is 24.3 Å². The first-order chi connectivity index (χ1) is 9.65. The van der Waals surface area contributed by atoms with Crippen LogP contribution in [0.2, 0.25) is 5.02 Å². The molecule has 1 saturated heterocycles. The molecule has 0 aromatic heterocycles. The van der Waals surface area contributed by atoms with E-state index in [4.69, 9.17) is 11.6 Å². The van der Waals surface area contributed by atoms with Gasteiger partial charge in [0.15, 0.2) is 0 Å². The third-order valence-corrected chi connectivity index (χ3v) is 3.76. The van der Waals surface area contributed by atoms with Crippen molar-refractivity contribution in [3.63, 3.8) is 0 Å². The zero-order valence-electron chi connectivity index (χ0n) is 11.9. The topological polar surface area (TPSA) is 44.4 Å². The molecule has 1 atom stereocenters. The second-order valence-electron chi connectivity index (χ2n) is 5.22. The van der Waals surface area contributed by atoms with E-state index in [9.17, 15) is 4.79 Å². The van der Waals surface area contributed by atoms with Gasteiger partial charge in [0, 0.05) is 18.1 Å². The third-order valence-electron chi connectivity index (χ3n) is 3.53. The van der Waals surface area contributed by atoms with E-state index in [1.54, 1.807) is 0 Å². The maximum absolute atomic E-state index is 12.1. The van der Waals surface area contributed by atoms with Crippen LogP contribution in [0.5, 0.6) is 0 Å². The monoisotopic (exact) mass is 295 g/mol. The maximum Gasteiger partial charge on any atom is 0.234 e. The number of nitrogens with one attached hydrogen (secondary N) is 2. The van der Waals surface area contributed by atoms with Gasteiger partial charge in [-0.25, -0.2) is 0 Å². The fraction of sp³-hybridized carbons (Fsp3) is 0.533. The summed E-state index contributed by atoms with van der Waals surface area (Å²) in [4.78, 5) is 14.3. The number of hydrogen-bond donors (Lipinski definition) is 2. The molecule has 20 heavy (non-hydrogen) atoms. The minimum Gasteiger partial charge on any atom is -0.348 e. The minimum absolute atomic E-state index is 0.0219. The SMILES string of the molecule is CC(NC(=O)CN1CCCNCC1)c1cccc(Cl)c1. The zero-order valence-corrected chi connectivity index (χ0v) is 12.6. The molecule has 1 aromatic rings. The summed E-state index contributed by atoms with van der Waals surface area (Å²) in [5.74, 6) is 0.0689. The van der Waals surface area contributed by atoms with Crippen LogP contribution < -0.4 is 10.6 Å². The summed E-state index contributed by atoms with van der Waals surface area (Å²) >= 11 is 5.97. The summed E-state index contributed by atoms with van der Waals surface area (Å²) in [6.07, 6.45) is 1.09. The second kappa shape index (κ2) is 7.62. The van der Waals surface area contributed by atoms with Gasteiger partial charge in [-0.05, 0) is 44.1 Å². The van der Waals surface area contributed by atoms with Crippen LogP contribution in [-0.4, -0.2) is 43.5 Å². The van der Waals surface area contributed by atoms with Crippen LogP contribution in [0.25, 0.3) is 0 Å². The number of carbonyl (C=O) groups is 1. The van der Waals surface area contributed by atoms with Crippen molar-refractivity contribution in [1.82, 2.24) is 15.5 Å². The van der Waals surface area contributed by atoms with Crippen LogP contribution in [0, 0.1) is 0 Å². The van der Waals surface area contributed by atoms with E-state index in [1.165, 1.54) is 0 Å². The number of halogens is 1. The van der Waals surface area contributed by atoms with E-state index >= 15 is 0 Å². The predicted octanol–water partition coefficient (Wildman–Crippen LogP) is 1.81. The molecule has 0 saturated carbocycles. The number of rotatable bonds is 4. The summed E-state index contributed by atoms with van der Waals surface area (Å²) in [7, 11) is 0. The Morgan fingerprint density at radius 3 is 3.10 bits per heavy atom. The molecule has 1 heterocycles. The average molecular weight is 296 g/mol. The molecule has 4 nitrogen and oxygen atoms in total. The fourth-order valence-electron chi connectivity index (χ4n) is 2.41. The lowest BCUT2D eigenvalue weighted by atomic mass is 10.1. The number of hydrogen-bond acceptors (Lipinski definition) is 3. The van der Waals surface area contributed by atoms with Gasteiger partial charge >= 0.3 is 0 Å². The van der Waals surface area contributed by atoms with Gasteiger partial charge in [-0.3, -0.25) is 9.69 Å². The Morgan fingerprint density at radius 2 is 2.30 bits per heavy atom. The highest BCUT2D eigenvalue weighted by Crippen LogP contribution is 2.17. The number of carbonyl (C=O) groups excluding carboxylic acids is 1. The van der Waals surface area contributed by atoms with Crippen molar-refractivity contribution < 1.29 is 4.79 Å². The van der Waals surface area contributed by atoms with Gasteiger partial charge in [-0.15, -0.1) is 0 Å². The van der Waals surface area contributed by atoms with Crippen molar-refractivity contribution in [3.05, 3.63) is 34.9 Å². The molecular weight excluding hydrogens is 274 g/mol. The normalized spacial score (nSPS) is 18.3. The first-order valence-corrected chi connectivity index (χ1v) is 7.51. The van der Waals surface area contributed by atoms with E-state index in [1.807, 2.05) is 31.2 Å². The predicted molar refractivity (Wildman–Crippen MR) is 81.9 cm³/mol. The molecule has 0 spiro atoms. The molecule has 1 aliphatic heterocycles. The summed E-state index contributed by atoms with van der Waals surface area (Å²) in [6.45, 7) is 6.35. The van der Waals surface area contributed by atoms with Crippen molar-refractivity contribution in [2.24, 2.45) is 0 Å². The Morgan fingerprint density at radius 1 is 1.45 bits per heavy atom. The van der Waals surface area contributed by atoms with Gasteiger partial charge in [-0.1, -0.05) is 23.7 Å². The molecule has 1 aliphatic rings. The minimum atomic E-state index is -0.0219. The molecule has 0 radical (unpaired) electrons. The highest BCUT2D eigenvalue weighted by Gasteiger charge is 2.15.